The van der Waals surface area contributed by atoms with Crippen molar-refractivity contribution in [2.75, 3.05) is 6.61 Å². The van der Waals surface area contributed by atoms with Crippen molar-refractivity contribution in [3.8, 4) is 12.3 Å². The molecule has 7 heteroatoms. The number of carbonyl (C=O) groups excluding carboxylic acids is 2. The van der Waals surface area contributed by atoms with Gasteiger partial charge in [0.15, 0.2) is 17.6 Å². The molecule has 2 heterocycles. The highest BCUT2D eigenvalue weighted by Gasteiger charge is 2.57. The number of aliphatic hydroxyl groups is 3. The molecule has 0 aliphatic carbocycles. The molecule has 2 aliphatic rings. The third-order valence-corrected chi connectivity index (χ3v) is 3.18. The molecular formula is C12H13NO6. The zero-order chi connectivity index (χ0) is 14.2. The van der Waals surface area contributed by atoms with Gasteiger partial charge in [0.05, 0.1) is 13.0 Å². The van der Waals surface area contributed by atoms with E-state index in [0.717, 1.165) is 17.2 Å². The van der Waals surface area contributed by atoms with Crippen molar-refractivity contribution in [3.05, 3.63) is 12.3 Å². The van der Waals surface area contributed by atoms with E-state index in [9.17, 15) is 19.8 Å². The number of ether oxygens (including phenoxy) is 1. The quantitative estimate of drug-likeness (QED) is 0.385. The molecule has 0 spiro atoms. The molecule has 1 amide bonds. The standard InChI is InChI=1S/C12H13NO6/c1-2-12(18)10(17)8(6-14)19-11(12)13-4-3-7(15)5-9(13)16/h1,3-4,8,10-11,14,17-18H,5-6H2/t8-,10-,11?,12-/m1/s1. The van der Waals surface area contributed by atoms with Crippen molar-refractivity contribution in [2.45, 2.75) is 30.5 Å². The number of terminal acetylenes is 1. The van der Waals surface area contributed by atoms with Crippen LogP contribution in [0.1, 0.15) is 6.42 Å². The molecule has 0 aromatic rings. The van der Waals surface area contributed by atoms with Crippen molar-refractivity contribution < 1.29 is 29.6 Å². The zero-order valence-electron chi connectivity index (χ0n) is 9.89. The molecule has 2 rings (SSSR count). The topological polar surface area (TPSA) is 107 Å². The molecule has 0 saturated carbocycles. The summed E-state index contributed by atoms with van der Waals surface area (Å²) >= 11 is 0. The summed E-state index contributed by atoms with van der Waals surface area (Å²) in [5.74, 6) is 1.02. The highest BCUT2D eigenvalue weighted by atomic mass is 16.6. The third kappa shape index (κ3) is 2.05. The average molecular weight is 267 g/mol. The van der Waals surface area contributed by atoms with Crippen LogP contribution in [-0.4, -0.2) is 62.6 Å². The van der Waals surface area contributed by atoms with Gasteiger partial charge in [0.25, 0.3) is 0 Å². The molecule has 3 N–H and O–H groups in total. The minimum absolute atomic E-state index is 0.364. The predicted octanol–water partition coefficient (Wildman–Crippen LogP) is -2.26. The summed E-state index contributed by atoms with van der Waals surface area (Å²) in [6.07, 6.45) is 3.14. The number of aliphatic hydroxyl groups excluding tert-OH is 2. The lowest BCUT2D eigenvalue weighted by molar-refractivity contribution is -0.153. The summed E-state index contributed by atoms with van der Waals surface area (Å²) in [6, 6.07) is 0. The van der Waals surface area contributed by atoms with Gasteiger partial charge in [-0.1, -0.05) is 5.92 Å². The van der Waals surface area contributed by atoms with Gasteiger partial charge in [0.1, 0.15) is 12.2 Å². The summed E-state index contributed by atoms with van der Waals surface area (Å²) in [4.78, 5) is 23.8. The highest BCUT2D eigenvalue weighted by Crippen LogP contribution is 2.34. The van der Waals surface area contributed by atoms with Gasteiger partial charge in [0, 0.05) is 6.20 Å². The molecule has 1 fully saturated rings. The van der Waals surface area contributed by atoms with E-state index in [1.54, 1.807) is 0 Å². The number of amides is 1. The fraction of sp³-hybridized carbons (Fsp3) is 0.500. The van der Waals surface area contributed by atoms with Gasteiger partial charge in [0.2, 0.25) is 5.91 Å². The van der Waals surface area contributed by atoms with Crippen LogP contribution < -0.4 is 0 Å². The Bertz CT molecular complexity index is 481. The first kappa shape index (κ1) is 13.7. The van der Waals surface area contributed by atoms with Gasteiger partial charge in [-0.2, -0.15) is 0 Å². The van der Waals surface area contributed by atoms with E-state index in [1.165, 1.54) is 0 Å². The van der Waals surface area contributed by atoms with Crippen LogP contribution in [0, 0.1) is 12.3 Å². The monoisotopic (exact) mass is 267 g/mol. The average Bonchev–Trinajstić information content (AvgIpc) is 2.63. The second-order valence-electron chi connectivity index (χ2n) is 4.38. The van der Waals surface area contributed by atoms with E-state index in [4.69, 9.17) is 16.3 Å². The largest absolute Gasteiger partial charge is 0.394 e. The molecule has 1 unspecified atom stereocenters. The zero-order valence-corrected chi connectivity index (χ0v) is 9.89. The number of carbonyl (C=O) groups is 2. The van der Waals surface area contributed by atoms with Crippen LogP contribution in [-0.2, 0) is 14.3 Å². The molecule has 0 bridgehead atoms. The Labute approximate surface area is 109 Å². The van der Waals surface area contributed by atoms with E-state index in [1.807, 2.05) is 5.92 Å². The molecule has 2 aliphatic heterocycles. The summed E-state index contributed by atoms with van der Waals surface area (Å²) in [5, 5.41) is 29.1. The van der Waals surface area contributed by atoms with Gasteiger partial charge >= 0.3 is 0 Å². The van der Waals surface area contributed by atoms with Crippen molar-refractivity contribution in [1.82, 2.24) is 4.90 Å². The molecule has 102 valence electrons. The van der Waals surface area contributed by atoms with E-state index in [2.05, 4.69) is 0 Å². The van der Waals surface area contributed by atoms with Crippen molar-refractivity contribution in [3.63, 3.8) is 0 Å². The lowest BCUT2D eigenvalue weighted by Crippen LogP contribution is -2.55. The van der Waals surface area contributed by atoms with Crippen LogP contribution >= 0.6 is 0 Å². The Morgan fingerprint density at radius 2 is 2.26 bits per heavy atom. The van der Waals surface area contributed by atoms with E-state index < -0.39 is 36.6 Å². The SMILES string of the molecule is C#C[C@]1(O)C(N2C=CC(=O)CC2=O)O[C@H](CO)[C@H]1O. The first-order valence-corrected chi connectivity index (χ1v) is 5.60. The maximum absolute atomic E-state index is 11.7. The number of rotatable bonds is 2. The second kappa shape index (κ2) is 4.75. The molecule has 1 saturated heterocycles. The minimum atomic E-state index is -2.15. The van der Waals surface area contributed by atoms with Gasteiger partial charge in [-0.05, 0) is 6.08 Å². The lowest BCUT2D eigenvalue weighted by Gasteiger charge is -2.33. The number of allylic oxidation sites excluding steroid dienone is 1. The summed E-state index contributed by atoms with van der Waals surface area (Å²) in [5.41, 5.74) is -2.15. The van der Waals surface area contributed by atoms with Crippen LogP contribution in [0.4, 0.5) is 0 Å². The Morgan fingerprint density at radius 1 is 1.58 bits per heavy atom. The minimum Gasteiger partial charge on any atom is -0.394 e. The predicted molar refractivity (Wildman–Crippen MR) is 61.1 cm³/mol. The molecular weight excluding hydrogens is 254 g/mol. The summed E-state index contributed by atoms with van der Waals surface area (Å²) < 4.78 is 5.22. The number of hydrogen-bond donors (Lipinski definition) is 3. The Hall–Kier alpha value is -1.72. The van der Waals surface area contributed by atoms with Crippen molar-refractivity contribution in [2.24, 2.45) is 0 Å². The molecule has 4 atom stereocenters. The normalized spacial score (nSPS) is 38.6. The van der Waals surface area contributed by atoms with Gasteiger partial charge in [-0.15, -0.1) is 6.42 Å². The Morgan fingerprint density at radius 3 is 2.79 bits per heavy atom. The summed E-state index contributed by atoms with van der Waals surface area (Å²) in [6.45, 7) is -0.563. The van der Waals surface area contributed by atoms with Crippen LogP contribution in [0.5, 0.6) is 0 Å². The molecule has 7 nitrogen and oxygen atoms in total. The maximum Gasteiger partial charge on any atom is 0.236 e. The van der Waals surface area contributed by atoms with Gasteiger partial charge < -0.3 is 20.1 Å². The number of hydrogen-bond acceptors (Lipinski definition) is 6. The second-order valence-corrected chi connectivity index (χ2v) is 4.38. The van der Waals surface area contributed by atoms with Crippen LogP contribution in [0.3, 0.4) is 0 Å². The lowest BCUT2D eigenvalue weighted by atomic mass is 9.94. The van der Waals surface area contributed by atoms with E-state index >= 15 is 0 Å². The van der Waals surface area contributed by atoms with Gasteiger partial charge in [-0.3, -0.25) is 14.5 Å². The Kier molecular flexibility index (Phi) is 3.43. The summed E-state index contributed by atoms with van der Waals surface area (Å²) in [7, 11) is 0. The molecule has 0 radical (unpaired) electrons. The third-order valence-electron chi connectivity index (χ3n) is 3.18. The van der Waals surface area contributed by atoms with Gasteiger partial charge in [-0.25, -0.2) is 0 Å². The number of nitrogens with zero attached hydrogens (tertiary/aromatic N) is 1. The fourth-order valence-electron chi connectivity index (χ4n) is 2.11. The van der Waals surface area contributed by atoms with Crippen LogP contribution in [0.25, 0.3) is 0 Å². The molecule has 0 aromatic carbocycles. The van der Waals surface area contributed by atoms with Crippen LogP contribution in [0.15, 0.2) is 12.3 Å². The number of ketones is 1. The first-order chi connectivity index (χ1) is 8.93. The Balaban J connectivity index is 2.34. The van der Waals surface area contributed by atoms with Crippen molar-refractivity contribution >= 4 is 11.7 Å². The van der Waals surface area contributed by atoms with E-state index in [-0.39, 0.29) is 12.2 Å². The highest BCUT2D eigenvalue weighted by molar-refractivity contribution is 6.06. The fourth-order valence-corrected chi connectivity index (χ4v) is 2.11. The van der Waals surface area contributed by atoms with Crippen LogP contribution in [0.2, 0.25) is 0 Å². The molecule has 19 heavy (non-hydrogen) atoms. The van der Waals surface area contributed by atoms with Crippen molar-refractivity contribution in [1.29, 1.82) is 0 Å². The smallest absolute Gasteiger partial charge is 0.236 e. The van der Waals surface area contributed by atoms with E-state index in [0.29, 0.717) is 0 Å². The molecule has 0 aromatic heterocycles. The first-order valence-electron chi connectivity index (χ1n) is 5.60. The maximum atomic E-state index is 11.7.